The summed E-state index contributed by atoms with van der Waals surface area (Å²) in [6.45, 7) is 3.19. The van der Waals surface area contributed by atoms with Crippen molar-refractivity contribution in [2.24, 2.45) is 0 Å². The van der Waals surface area contributed by atoms with E-state index in [0.717, 1.165) is 34.7 Å². The van der Waals surface area contributed by atoms with Crippen LogP contribution in [0.3, 0.4) is 0 Å². The smallest absolute Gasteiger partial charge is 0.258 e. The molecule has 1 N–H and O–H groups in total. The van der Waals surface area contributed by atoms with Crippen LogP contribution in [0.25, 0.3) is 0 Å². The number of nitrogens with zero attached hydrogens (tertiary/aromatic N) is 2. The first-order chi connectivity index (χ1) is 15.6. The quantitative estimate of drug-likeness (QED) is 0.491. The largest absolute Gasteiger partial charge is 0.345 e. The highest BCUT2D eigenvalue weighted by molar-refractivity contribution is 6.08. The third-order valence-corrected chi connectivity index (χ3v) is 5.90. The summed E-state index contributed by atoms with van der Waals surface area (Å²) in [6, 6.07) is 26.6. The first-order valence-corrected chi connectivity index (χ1v) is 10.6. The summed E-state index contributed by atoms with van der Waals surface area (Å²) in [5.74, 6) is -0.283. The topological polar surface area (TPSA) is 54.3 Å². The van der Waals surface area contributed by atoms with E-state index in [-0.39, 0.29) is 11.8 Å². The number of hydrogen-bond donors (Lipinski definition) is 1. The zero-order chi connectivity index (χ0) is 22.1. The van der Waals surface area contributed by atoms with Gasteiger partial charge in [-0.25, -0.2) is 0 Å². The van der Waals surface area contributed by atoms with E-state index < -0.39 is 0 Å². The van der Waals surface area contributed by atoms with Crippen molar-refractivity contribution in [3.05, 3.63) is 119 Å². The number of carbonyl (C=O) groups is 2. The molecule has 5 nitrogen and oxygen atoms in total. The van der Waals surface area contributed by atoms with Crippen LogP contribution < -0.4 is 10.2 Å². The summed E-state index contributed by atoms with van der Waals surface area (Å²) >= 11 is 0. The molecule has 5 rings (SSSR count). The Kier molecular flexibility index (Phi) is 5.07. The Bertz CT molecular complexity index is 1300. The molecule has 1 aromatic heterocycles. The van der Waals surface area contributed by atoms with Gasteiger partial charge in [-0.1, -0.05) is 36.4 Å². The van der Waals surface area contributed by atoms with Gasteiger partial charge in [-0.05, 0) is 66.6 Å². The van der Waals surface area contributed by atoms with Gasteiger partial charge in [0.1, 0.15) is 0 Å². The predicted octanol–water partition coefficient (Wildman–Crippen LogP) is 5.26. The first kappa shape index (κ1) is 19.8. The number of fused-ring (bicyclic) bond motifs is 2. The molecule has 32 heavy (non-hydrogen) atoms. The maximum atomic E-state index is 13.5. The van der Waals surface area contributed by atoms with Gasteiger partial charge < -0.3 is 14.8 Å². The van der Waals surface area contributed by atoms with Crippen LogP contribution in [0.15, 0.2) is 91.1 Å². The van der Waals surface area contributed by atoms with Crippen LogP contribution >= 0.6 is 0 Å². The average Bonchev–Trinajstić information content (AvgIpc) is 3.19. The Hall–Kier alpha value is -4.12. The van der Waals surface area contributed by atoms with Gasteiger partial charge in [0.25, 0.3) is 11.8 Å². The Morgan fingerprint density at radius 2 is 1.50 bits per heavy atom. The third-order valence-electron chi connectivity index (χ3n) is 5.90. The van der Waals surface area contributed by atoms with Crippen molar-refractivity contribution >= 4 is 23.2 Å². The number of anilines is 2. The van der Waals surface area contributed by atoms with Gasteiger partial charge in [0.15, 0.2) is 0 Å². The second-order valence-electron chi connectivity index (χ2n) is 7.99. The van der Waals surface area contributed by atoms with E-state index >= 15 is 0 Å². The number of amides is 2. The van der Waals surface area contributed by atoms with Crippen LogP contribution in [0.1, 0.15) is 37.5 Å². The third kappa shape index (κ3) is 3.69. The molecule has 2 amide bonds. The lowest BCUT2D eigenvalue weighted by molar-refractivity contribution is 0.0981. The number of aromatic nitrogens is 1. The van der Waals surface area contributed by atoms with Gasteiger partial charge in [-0.15, -0.1) is 0 Å². The number of carbonyl (C=O) groups excluding carboxylic acids is 2. The second-order valence-corrected chi connectivity index (χ2v) is 7.99. The lowest BCUT2D eigenvalue weighted by Gasteiger charge is -2.23. The molecule has 1 aliphatic heterocycles. The van der Waals surface area contributed by atoms with Gasteiger partial charge in [0.2, 0.25) is 0 Å². The summed E-state index contributed by atoms with van der Waals surface area (Å²) in [6.07, 6.45) is 2.04. The van der Waals surface area contributed by atoms with E-state index in [0.29, 0.717) is 17.7 Å². The van der Waals surface area contributed by atoms with Gasteiger partial charge in [-0.2, -0.15) is 0 Å². The minimum atomic E-state index is -0.198. The van der Waals surface area contributed by atoms with E-state index in [2.05, 4.69) is 16.0 Å². The highest BCUT2D eigenvalue weighted by atomic mass is 16.2. The molecule has 0 spiro atoms. The molecule has 4 aromatic rings. The molecule has 0 aliphatic carbocycles. The number of benzene rings is 3. The van der Waals surface area contributed by atoms with Crippen molar-refractivity contribution in [2.75, 3.05) is 10.2 Å². The van der Waals surface area contributed by atoms with Crippen LogP contribution in [-0.4, -0.2) is 16.4 Å². The Morgan fingerprint density at radius 1 is 0.781 bits per heavy atom. The van der Waals surface area contributed by atoms with Crippen molar-refractivity contribution in [3.63, 3.8) is 0 Å². The van der Waals surface area contributed by atoms with Gasteiger partial charge in [0.05, 0.1) is 6.54 Å². The molecule has 3 aromatic carbocycles. The van der Waals surface area contributed by atoms with E-state index in [4.69, 9.17) is 0 Å². The summed E-state index contributed by atoms with van der Waals surface area (Å²) in [5, 5.41) is 2.93. The molecular weight excluding hydrogens is 398 g/mol. The average molecular weight is 422 g/mol. The summed E-state index contributed by atoms with van der Waals surface area (Å²) in [4.78, 5) is 28.0. The highest BCUT2D eigenvalue weighted by Crippen LogP contribution is 2.29. The van der Waals surface area contributed by atoms with Crippen LogP contribution in [0.4, 0.5) is 11.4 Å². The molecule has 1 aliphatic rings. The van der Waals surface area contributed by atoms with Crippen LogP contribution in [0.5, 0.6) is 0 Å². The Labute approximate surface area is 186 Å². The van der Waals surface area contributed by atoms with Crippen molar-refractivity contribution in [1.29, 1.82) is 0 Å². The maximum absolute atomic E-state index is 13.5. The van der Waals surface area contributed by atoms with Gasteiger partial charge in [-0.3, -0.25) is 9.59 Å². The minimum absolute atomic E-state index is 0.0852. The molecule has 2 heterocycles. The number of hydrogen-bond acceptors (Lipinski definition) is 2. The fourth-order valence-electron chi connectivity index (χ4n) is 4.09. The molecule has 0 saturated carbocycles. The first-order valence-electron chi connectivity index (χ1n) is 10.6. The highest BCUT2D eigenvalue weighted by Gasteiger charge is 2.24. The van der Waals surface area contributed by atoms with Crippen molar-refractivity contribution in [3.8, 4) is 0 Å². The number of rotatable bonds is 3. The lowest BCUT2D eigenvalue weighted by Crippen LogP contribution is -2.30. The fraction of sp³-hybridized carbons (Fsp3) is 0.111. The standard InChI is InChI=1S/C27H23N3O2/c1-19-7-2-4-10-24(19)28-26(31)20-12-14-21(15-13-20)27(32)30-18-23-9-6-16-29(23)17-22-8-3-5-11-25(22)30/h2-16H,17-18H2,1H3,(H,28,31). The molecule has 0 bridgehead atoms. The predicted molar refractivity (Wildman–Crippen MR) is 126 cm³/mol. The van der Waals surface area contributed by atoms with Crippen LogP contribution in [-0.2, 0) is 13.1 Å². The van der Waals surface area contributed by atoms with Crippen molar-refractivity contribution in [2.45, 2.75) is 20.0 Å². The molecule has 158 valence electrons. The maximum Gasteiger partial charge on any atom is 0.258 e. The molecule has 0 atom stereocenters. The molecular formula is C27H23N3O2. The summed E-state index contributed by atoms with van der Waals surface area (Å²) < 4.78 is 2.17. The van der Waals surface area contributed by atoms with Crippen molar-refractivity contribution < 1.29 is 9.59 Å². The normalized spacial score (nSPS) is 12.5. The number of para-hydroxylation sites is 2. The zero-order valence-corrected chi connectivity index (χ0v) is 17.8. The molecule has 0 fully saturated rings. The second kappa shape index (κ2) is 8.19. The van der Waals surface area contributed by atoms with E-state index in [1.807, 2.05) is 72.6 Å². The van der Waals surface area contributed by atoms with Crippen molar-refractivity contribution in [1.82, 2.24) is 4.57 Å². The SMILES string of the molecule is Cc1ccccc1NC(=O)c1ccc(C(=O)N2Cc3cccn3Cc3ccccc32)cc1. The Morgan fingerprint density at radius 3 is 2.31 bits per heavy atom. The monoisotopic (exact) mass is 421 g/mol. The molecule has 0 saturated heterocycles. The van der Waals surface area contributed by atoms with E-state index in [1.54, 1.807) is 24.3 Å². The lowest BCUT2D eigenvalue weighted by atomic mass is 10.1. The van der Waals surface area contributed by atoms with Crippen LogP contribution in [0, 0.1) is 6.92 Å². The Balaban J connectivity index is 1.40. The number of nitrogens with one attached hydrogen (secondary N) is 1. The fourth-order valence-corrected chi connectivity index (χ4v) is 4.09. The van der Waals surface area contributed by atoms with E-state index in [1.165, 1.54) is 0 Å². The minimum Gasteiger partial charge on any atom is -0.345 e. The molecule has 0 radical (unpaired) electrons. The number of aryl methyl sites for hydroxylation is 1. The molecule has 5 heteroatoms. The summed E-state index contributed by atoms with van der Waals surface area (Å²) in [5.41, 5.74) is 5.94. The van der Waals surface area contributed by atoms with Gasteiger partial charge >= 0.3 is 0 Å². The van der Waals surface area contributed by atoms with Crippen LogP contribution in [0.2, 0.25) is 0 Å². The zero-order valence-electron chi connectivity index (χ0n) is 17.8. The molecule has 0 unspecified atom stereocenters. The summed E-state index contributed by atoms with van der Waals surface area (Å²) in [7, 11) is 0. The van der Waals surface area contributed by atoms with E-state index in [9.17, 15) is 9.59 Å². The van der Waals surface area contributed by atoms with Gasteiger partial charge in [0, 0.05) is 40.9 Å².